The van der Waals surface area contributed by atoms with E-state index in [2.05, 4.69) is 5.32 Å². The van der Waals surface area contributed by atoms with E-state index < -0.39 is 28.5 Å². The number of nitrogens with one attached hydrogen (secondary N) is 1. The summed E-state index contributed by atoms with van der Waals surface area (Å²) >= 11 is 0. The Bertz CT molecular complexity index is 1160. The SMILES string of the molecule is COc1cccc(CN(C(=O)CN(c2ccccc2C)S(C)(=O)=O)[C@@H](C)C(=O)NC2CCCCC2)c1. The molecule has 1 aliphatic carbocycles. The van der Waals surface area contributed by atoms with Crippen LogP contribution in [0, 0.1) is 6.92 Å². The summed E-state index contributed by atoms with van der Waals surface area (Å²) in [4.78, 5) is 28.4. The van der Waals surface area contributed by atoms with Gasteiger partial charge in [0.25, 0.3) is 0 Å². The van der Waals surface area contributed by atoms with Crippen LogP contribution in [0.2, 0.25) is 0 Å². The van der Waals surface area contributed by atoms with Gasteiger partial charge in [-0.05, 0) is 56.0 Å². The number of amides is 2. The molecule has 2 aromatic carbocycles. The molecule has 0 heterocycles. The van der Waals surface area contributed by atoms with E-state index in [4.69, 9.17) is 4.74 Å². The fraction of sp³-hybridized carbons (Fsp3) is 0.481. The summed E-state index contributed by atoms with van der Waals surface area (Å²) in [6.07, 6.45) is 6.26. The van der Waals surface area contributed by atoms with Crippen molar-refractivity contribution >= 4 is 27.5 Å². The molecule has 1 N–H and O–H groups in total. The van der Waals surface area contributed by atoms with Crippen molar-refractivity contribution in [3.05, 3.63) is 59.7 Å². The molecule has 0 aromatic heterocycles. The molecule has 0 spiro atoms. The van der Waals surface area contributed by atoms with E-state index in [0.717, 1.165) is 47.4 Å². The number of aryl methyl sites for hydroxylation is 1. The number of carbonyl (C=O) groups is 2. The molecule has 36 heavy (non-hydrogen) atoms. The van der Waals surface area contributed by atoms with E-state index in [1.165, 1.54) is 11.3 Å². The first-order chi connectivity index (χ1) is 17.1. The summed E-state index contributed by atoms with van der Waals surface area (Å²) in [5, 5.41) is 3.10. The lowest BCUT2D eigenvalue weighted by Crippen LogP contribution is -2.53. The molecule has 0 bridgehead atoms. The Labute approximate surface area is 214 Å². The lowest BCUT2D eigenvalue weighted by atomic mass is 9.95. The number of hydrogen-bond acceptors (Lipinski definition) is 5. The minimum Gasteiger partial charge on any atom is -0.497 e. The molecule has 0 aliphatic heterocycles. The number of carbonyl (C=O) groups excluding carboxylic acids is 2. The monoisotopic (exact) mass is 515 g/mol. The minimum absolute atomic E-state index is 0.0990. The maximum Gasteiger partial charge on any atom is 0.244 e. The molecule has 1 atom stereocenters. The predicted molar refractivity (Wildman–Crippen MR) is 141 cm³/mol. The summed E-state index contributed by atoms with van der Waals surface area (Å²) < 4.78 is 31.8. The lowest BCUT2D eigenvalue weighted by molar-refractivity contribution is -0.139. The van der Waals surface area contributed by atoms with Crippen molar-refractivity contribution in [2.45, 2.75) is 64.6 Å². The summed E-state index contributed by atoms with van der Waals surface area (Å²) in [6, 6.07) is 13.6. The Hall–Kier alpha value is -3.07. The highest BCUT2D eigenvalue weighted by atomic mass is 32.2. The van der Waals surface area contributed by atoms with E-state index in [1.807, 2.05) is 24.3 Å². The molecule has 2 aromatic rings. The van der Waals surface area contributed by atoms with Crippen LogP contribution in [-0.2, 0) is 26.2 Å². The Morgan fingerprint density at radius 2 is 1.78 bits per heavy atom. The van der Waals surface area contributed by atoms with Crippen LogP contribution in [0.1, 0.15) is 50.2 Å². The van der Waals surface area contributed by atoms with Gasteiger partial charge in [0.15, 0.2) is 0 Å². The van der Waals surface area contributed by atoms with Crippen LogP contribution < -0.4 is 14.4 Å². The molecule has 0 radical (unpaired) electrons. The van der Waals surface area contributed by atoms with Crippen molar-refractivity contribution in [3.63, 3.8) is 0 Å². The molecule has 196 valence electrons. The maximum absolute atomic E-state index is 13.7. The number of nitrogens with zero attached hydrogens (tertiary/aromatic N) is 2. The Kier molecular flexibility index (Phi) is 9.37. The second-order valence-corrected chi connectivity index (χ2v) is 11.4. The molecule has 8 nitrogen and oxygen atoms in total. The van der Waals surface area contributed by atoms with E-state index in [-0.39, 0.29) is 18.5 Å². The average Bonchev–Trinajstić information content (AvgIpc) is 2.86. The number of rotatable bonds is 10. The molecule has 9 heteroatoms. The van der Waals surface area contributed by atoms with Crippen molar-refractivity contribution in [2.24, 2.45) is 0 Å². The van der Waals surface area contributed by atoms with E-state index in [0.29, 0.717) is 11.4 Å². The Morgan fingerprint density at radius 3 is 2.42 bits per heavy atom. The van der Waals surface area contributed by atoms with Gasteiger partial charge in [-0.25, -0.2) is 8.42 Å². The van der Waals surface area contributed by atoms with Crippen LogP contribution in [0.3, 0.4) is 0 Å². The summed E-state index contributed by atoms with van der Waals surface area (Å²) in [5.41, 5.74) is 1.95. The van der Waals surface area contributed by atoms with Crippen molar-refractivity contribution in [3.8, 4) is 5.75 Å². The third-order valence-corrected chi connectivity index (χ3v) is 7.80. The Balaban J connectivity index is 1.89. The highest BCUT2D eigenvalue weighted by Gasteiger charge is 2.31. The van der Waals surface area contributed by atoms with Crippen LogP contribution >= 0.6 is 0 Å². The van der Waals surface area contributed by atoms with Crippen molar-refractivity contribution in [1.82, 2.24) is 10.2 Å². The van der Waals surface area contributed by atoms with Gasteiger partial charge in [-0.15, -0.1) is 0 Å². The van der Waals surface area contributed by atoms with Crippen LogP contribution in [0.15, 0.2) is 48.5 Å². The summed E-state index contributed by atoms with van der Waals surface area (Å²) in [7, 11) is -2.19. The van der Waals surface area contributed by atoms with Crippen LogP contribution in [0.25, 0.3) is 0 Å². The summed E-state index contributed by atoms with van der Waals surface area (Å²) in [6.45, 7) is 3.22. The standard InChI is InChI=1S/C27H37N3O5S/c1-20-11-8-9-16-25(20)30(36(4,33)34)19-26(31)29(18-22-12-10-15-24(17-22)35-3)21(2)27(32)28-23-13-6-5-7-14-23/h8-12,15-17,21,23H,5-7,13-14,18-19H2,1-4H3,(H,28,32)/t21-/m0/s1. The zero-order valence-electron chi connectivity index (χ0n) is 21.6. The fourth-order valence-corrected chi connectivity index (χ4v) is 5.46. The van der Waals surface area contributed by atoms with E-state index in [9.17, 15) is 18.0 Å². The van der Waals surface area contributed by atoms with Crippen LogP contribution in [0.4, 0.5) is 5.69 Å². The second kappa shape index (κ2) is 12.3. The predicted octanol–water partition coefficient (Wildman–Crippen LogP) is 3.64. The number of para-hydroxylation sites is 1. The smallest absolute Gasteiger partial charge is 0.244 e. The molecule has 1 aliphatic rings. The number of anilines is 1. The number of methoxy groups -OCH3 is 1. The van der Waals surface area contributed by atoms with Crippen LogP contribution in [-0.4, -0.2) is 57.1 Å². The zero-order chi connectivity index (χ0) is 26.3. The number of benzene rings is 2. The van der Waals surface area contributed by atoms with Gasteiger partial charge in [-0.3, -0.25) is 13.9 Å². The quantitative estimate of drug-likeness (QED) is 0.521. The number of sulfonamides is 1. The highest BCUT2D eigenvalue weighted by Crippen LogP contribution is 2.24. The van der Waals surface area contributed by atoms with Gasteiger partial charge in [-0.1, -0.05) is 49.6 Å². The average molecular weight is 516 g/mol. The van der Waals surface area contributed by atoms with E-state index >= 15 is 0 Å². The topological polar surface area (TPSA) is 96.0 Å². The number of ether oxygens (including phenoxy) is 1. The normalized spacial score (nSPS) is 15.1. The molecule has 1 saturated carbocycles. The van der Waals surface area contributed by atoms with Gasteiger partial charge >= 0.3 is 0 Å². The van der Waals surface area contributed by atoms with E-state index in [1.54, 1.807) is 45.2 Å². The van der Waals surface area contributed by atoms with Gasteiger partial charge in [-0.2, -0.15) is 0 Å². The highest BCUT2D eigenvalue weighted by molar-refractivity contribution is 7.92. The first kappa shape index (κ1) is 27.5. The third kappa shape index (κ3) is 7.22. The third-order valence-electron chi connectivity index (χ3n) is 6.67. The molecular formula is C27H37N3O5S. The van der Waals surface area contributed by atoms with Gasteiger partial charge < -0.3 is 15.0 Å². The van der Waals surface area contributed by atoms with Crippen LogP contribution in [0.5, 0.6) is 5.75 Å². The first-order valence-electron chi connectivity index (χ1n) is 12.4. The van der Waals surface area contributed by atoms with Gasteiger partial charge in [0.2, 0.25) is 21.8 Å². The molecule has 1 fully saturated rings. The molecule has 2 amide bonds. The summed E-state index contributed by atoms with van der Waals surface area (Å²) in [5.74, 6) is -0.0605. The Morgan fingerprint density at radius 1 is 1.08 bits per heavy atom. The minimum atomic E-state index is -3.76. The molecule has 3 rings (SSSR count). The van der Waals surface area contributed by atoms with Gasteiger partial charge in [0.1, 0.15) is 18.3 Å². The maximum atomic E-state index is 13.7. The second-order valence-electron chi connectivity index (χ2n) is 9.45. The van der Waals surface area contributed by atoms with Crippen molar-refractivity contribution in [2.75, 3.05) is 24.2 Å². The van der Waals surface area contributed by atoms with Gasteiger partial charge in [0, 0.05) is 12.6 Å². The molecular weight excluding hydrogens is 478 g/mol. The van der Waals surface area contributed by atoms with Gasteiger partial charge in [0.05, 0.1) is 19.1 Å². The zero-order valence-corrected chi connectivity index (χ0v) is 22.4. The molecule has 0 unspecified atom stereocenters. The van der Waals surface area contributed by atoms with Crippen molar-refractivity contribution < 1.29 is 22.7 Å². The van der Waals surface area contributed by atoms with Crippen molar-refractivity contribution in [1.29, 1.82) is 0 Å². The largest absolute Gasteiger partial charge is 0.497 e. The first-order valence-corrected chi connectivity index (χ1v) is 14.2. The molecule has 0 saturated heterocycles. The number of hydrogen-bond donors (Lipinski definition) is 1. The lowest BCUT2D eigenvalue weighted by Gasteiger charge is -2.33. The fourth-order valence-electron chi connectivity index (χ4n) is 4.56.